The van der Waals surface area contributed by atoms with Crippen LogP contribution in [0.1, 0.15) is 6.92 Å². The fourth-order valence-corrected chi connectivity index (χ4v) is 1.59. The second-order valence-electron chi connectivity index (χ2n) is 3.69. The van der Waals surface area contributed by atoms with Crippen molar-refractivity contribution < 1.29 is 0 Å². The van der Waals surface area contributed by atoms with Crippen molar-refractivity contribution in [2.75, 3.05) is 17.1 Å². The normalized spacial score (nSPS) is 11.9. The lowest BCUT2D eigenvalue weighted by atomic mass is 10.1. The Labute approximate surface area is 102 Å². The molecule has 0 fully saturated rings. The van der Waals surface area contributed by atoms with Gasteiger partial charge >= 0.3 is 0 Å². The van der Waals surface area contributed by atoms with Gasteiger partial charge in [-0.1, -0.05) is 0 Å². The molecule has 0 aliphatic rings. The summed E-state index contributed by atoms with van der Waals surface area (Å²) in [6.07, 6.45) is 3.20. The predicted octanol–water partition coefficient (Wildman–Crippen LogP) is 1.17. The molecule has 0 atom stereocenters. The fraction of sp³-hybridized carbons (Fsp3) is 0.500. The fourth-order valence-electron chi connectivity index (χ4n) is 1.17. The number of hydrogen-bond donors (Lipinski definition) is 1. The van der Waals surface area contributed by atoms with Crippen molar-refractivity contribution >= 4 is 34.7 Å². The van der Waals surface area contributed by atoms with Crippen LogP contribution in [0, 0.1) is 0 Å². The van der Waals surface area contributed by atoms with Crippen molar-refractivity contribution in [2.45, 2.75) is 12.5 Å². The molecule has 0 aliphatic heterocycles. The zero-order valence-electron chi connectivity index (χ0n) is 8.56. The Morgan fingerprint density at radius 2 is 2.12 bits per heavy atom. The lowest BCUT2D eigenvalue weighted by Crippen LogP contribution is -2.39. The zero-order chi connectivity index (χ0) is 11.6. The van der Waals surface area contributed by atoms with Crippen LogP contribution >= 0.6 is 23.2 Å². The predicted molar refractivity (Wildman–Crippen MR) is 62.0 cm³/mol. The standard InChI is InChI=1S/C8H10Cl2N6/c1-8(4-9,5-10)12-6-2-11-3-7-13-14-15-16(6)7/h2-3,12H,4-5H2,1H3. The quantitative estimate of drug-likeness (QED) is 0.836. The molecule has 6 nitrogen and oxygen atoms in total. The van der Waals surface area contributed by atoms with Crippen LogP contribution < -0.4 is 5.32 Å². The number of aromatic nitrogens is 5. The highest BCUT2D eigenvalue weighted by Crippen LogP contribution is 2.17. The number of rotatable bonds is 4. The van der Waals surface area contributed by atoms with Crippen molar-refractivity contribution in [3.05, 3.63) is 12.4 Å². The first-order valence-electron chi connectivity index (χ1n) is 4.61. The van der Waals surface area contributed by atoms with E-state index in [1.807, 2.05) is 6.92 Å². The van der Waals surface area contributed by atoms with Gasteiger partial charge in [-0.15, -0.1) is 28.3 Å². The number of tetrazole rings is 1. The van der Waals surface area contributed by atoms with Crippen LogP contribution in [0.15, 0.2) is 12.4 Å². The molecule has 8 heteroatoms. The molecule has 16 heavy (non-hydrogen) atoms. The molecule has 0 aromatic carbocycles. The van der Waals surface area contributed by atoms with Gasteiger partial charge in [0.15, 0.2) is 11.5 Å². The molecule has 0 bridgehead atoms. The highest BCUT2D eigenvalue weighted by molar-refractivity contribution is 6.22. The van der Waals surface area contributed by atoms with E-state index < -0.39 is 5.54 Å². The minimum Gasteiger partial charge on any atom is -0.361 e. The number of anilines is 1. The van der Waals surface area contributed by atoms with Gasteiger partial charge < -0.3 is 5.32 Å². The third-order valence-electron chi connectivity index (χ3n) is 2.13. The molecule has 0 unspecified atom stereocenters. The van der Waals surface area contributed by atoms with Crippen LogP contribution in [0.2, 0.25) is 0 Å². The summed E-state index contributed by atoms with van der Waals surface area (Å²) in [5.74, 6) is 1.40. The van der Waals surface area contributed by atoms with Crippen molar-refractivity contribution in [2.24, 2.45) is 0 Å². The van der Waals surface area contributed by atoms with E-state index in [1.54, 1.807) is 16.9 Å². The van der Waals surface area contributed by atoms with Gasteiger partial charge in [0.05, 0.1) is 17.9 Å². The zero-order valence-corrected chi connectivity index (χ0v) is 10.1. The van der Waals surface area contributed by atoms with Crippen LogP contribution in [0.25, 0.3) is 5.65 Å². The van der Waals surface area contributed by atoms with Gasteiger partial charge in [0.1, 0.15) is 0 Å². The summed E-state index contributed by atoms with van der Waals surface area (Å²) in [4.78, 5) is 4.03. The van der Waals surface area contributed by atoms with E-state index in [4.69, 9.17) is 23.2 Å². The molecule has 0 saturated carbocycles. The third kappa shape index (κ3) is 2.03. The van der Waals surface area contributed by atoms with Crippen LogP contribution in [-0.4, -0.2) is 42.3 Å². The number of alkyl halides is 2. The van der Waals surface area contributed by atoms with Crippen molar-refractivity contribution in [3.8, 4) is 0 Å². The van der Waals surface area contributed by atoms with E-state index in [-0.39, 0.29) is 0 Å². The molecule has 2 heterocycles. The highest BCUT2D eigenvalue weighted by atomic mass is 35.5. The van der Waals surface area contributed by atoms with Crippen molar-refractivity contribution in [1.29, 1.82) is 0 Å². The van der Waals surface area contributed by atoms with E-state index in [0.29, 0.717) is 23.2 Å². The molecule has 2 aromatic rings. The van der Waals surface area contributed by atoms with E-state index in [9.17, 15) is 0 Å². The van der Waals surface area contributed by atoms with Crippen LogP contribution in [0.3, 0.4) is 0 Å². The number of nitrogens with zero attached hydrogens (tertiary/aromatic N) is 5. The molecule has 1 N–H and O–H groups in total. The van der Waals surface area contributed by atoms with Gasteiger partial charge in [-0.3, -0.25) is 4.98 Å². The first-order valence-corrected chi connectivity index (χ1v) is 5.68. The summed E-state index contributed by atoms with van der Waals surface area (Å²) in [7, 11) is 0. The number of nitrogens with one attached hydrogen (secondary N) is 1. The van der Waals surface area contributed by atoms with E-state index in [0.717, 1.165) is 0 Å². The molecule has 0 amide bonds. The Morgan fingerprint density at radius 1 is 1.38 bits per heavy atom. The highest BCUT2D eigenvalue weighted by Gasteiger charge is 2.23. The van der Waals surface area contributed by atoms with E-state index in [1.165, 1.54) is 0 Å². The molecule has 0 aliphatic carbocycles. The summed E-state index contributed by atoms with van der Waals surface area (Å²) in [6.45, 7) is 1.91. The molecule has 0 saturated heterocycles. The summed E-state index contributed by atoms with van der Waals surface area (Å²) >= 11 is 11.7. The summed E-state index contributed by atoms with van der Waals surface area (Å²) in [6, 6.07) is 0. The third-order valence-corrected chi connectivity index (χ3v) is 3.31. The Balaban J connectivity index is 2.37. The van der Waals surface area contributed by atoms with Crippen LogP contribution in [0.5, 0.6) is 0 Å². The number of fused-ring (bicyclic) bond motifs is 1. The smallest absolute Gasteiger partial charge is 0.199 e. The average molecular weight is 261 g/mol. The number of halogens is 2. The second-order valence-corrected chi connectivity index (χ2v) is 4.23. The summed E-state index contributed by atoms with van der Waals surface area (Å²) in [5, 5.41) is 14.4. The number of hydrogen-bond acceptors (Lipinski definition) is 5. The molecular weight excluding hydrogens is 251 g/mol. The Bertz CT molecular complexity index is 480. The molecule has 2 aromatic heterocycles. The van der Waals surface area contributed by atoms with Gasteiger partial charge in [0, 0.05) is 11.8 Å². The van der Waals surface area contributed by atoms with Gasteiger partial charge in [-0.05, 0) is 17.4 Å². The van der Waals surface area contributed by atoms with Crippen LogP contribution in [-0.2, 0) is 0 Å². The average Bonchev–Trinajstić information content (AvgIpc) is 2.78. The second kappa shape index (κ2) is 4.39. The first-order chi connectivity index (χ1) is 7.68. The largest absolute Gasteiger partial charge is 0.361 e. The topological polar surface area (TPSA) is 68.0 Å². The summed E-state index contributed by atoms with van der Waals surface area (Å²) < 4.78 is 1.55. The first kappa shape index (κ1) is 11.3. The van der Waals surface area contributed by atoms with Gasteiger partial charge in [0.25, 0.3) is 0 Å². The molecular formula is C8H10Cl2N6. The van der Waals surface area contributed by atoms with Gasteiger partial charge in [-0.2, -0.15) is 4.52 Å². The lowest BCUT2D eigenvalue weighted by molar-refractivity contribution is 0.637. The minimum atomic E-state index is -0.426. The SMILES string of the molecule is CC(CCl)(CCl)Nc1cncc2nnnn12. The summed E-state index contributed by atoms with van der Waals surface area (Å²) in [5.41, 5.74) is 0.141. The molecule has 0 radical (unpaired) electrons. The van der Waals surface area contributed by atoms with Crippen molar-refractivity contribution in [3.63, 3.8) is 0 Å². The maximum Gasteiger partial charge on any atom is 0.199 e. The van der Waals surface area contributed by atoms with Crippen molar-refractivity contribution in [1.82, 2.24) is 25.0 Å². The molecule has 2 rings (SSSR count). The Kier molecular flexibility index (Phi) is 3.11. The van der Waals surface area contributed by atoms with Crippen LogP contribution in [0.4, 0.5) is 5.82 Å². The van der Waals surface area contributed by atoms with Gasteiger partial charge in [0.2, 0.25) is 0 Å². The van der Waals surface area contributed by atoms with E-state index in [2.05, 4.69) is 25.8 Å². The monoisotopic (exact) mass is 260 g/mol. The Morgan fingerprint density at radius 3 is 2.81 bits per heavy atom. The maximum absolute atomic E-state index is 5.86. The van der Waals surface area contributed by atoms with Gasteiger partial charge in [-0.25, -0.2) is 0 Å². The Hall–Kier alpha value is -1.14. The maximum atomic E-state index is 5.86. The lowest BCUT2D eigenvalue weighted by Gasteiger charge is -2.26. The molecule has 86 valence electrons. The molecule has 0 spiro atoms. The minimum absolute atomic E-state index is 0.370. The van der Waals surface area contributed by atoms with E-state index >= 15 is 0 Å².